The van der Waals surface area contributed by atoms with Crippen LogP contribution < -0.4 is 10.6 Å². The largest absolute Gasteiger partial charge is 0.355 e. The molecule has 3 rings (SSSR count). The fourth-order valence-electron chi connectivity index (χ4n) is 4.00. The molecule has 0 aliphatic carbocycles. The predicted octanol–water partition coefficient (Wildman–Crippen LogP) is 2.76. The van der Waals surface area contributed by atoms with E-state index in [9.17, 15) is 0 Å². The van der Waals surface area contributed by atoms with Gasteiger partial charge in [-0.2, -0.15) is 0 Å². The Kier molecular flexibility index (Phi) is 9.12. The molecule has 26 heavy (non-hydrogen) atoms. The van der Waals surface area contributed by atoms with E-state index in [1.54, 1.807) is 4.88 Å². The quantitative estimate of drug-likeness (QED) is 0.365. The SMILES string of the molecule is CCN1CCCC1CNC(=NC)NCC(C)N1CCc2sccc2C1.I. The normalized spacial score (nSPS) is 22.6. The molecule has 2 atom stereocenters. The molecule has 1 saturated heterocycles. The van der Waals surface area contributed by atoms with E-state index < -0.39 is 0 Å². The molecule has 0 aromatic carbocycles. The Balaban J connectivity index is 0.00000243. The van der Waals surface area contributed by atoms with Crippen LogP contribution in [0, 0.1) is 0 Å². The first kappa shape index (κ1) is 21.9. The standard InChI is InChI=1S/C19H33N5S.HI/c1-4-23-9-5-6-17(23)13-22-19(20-3)21-12-15(2)24-10-7-18-16(14-24)8-11-25-18;/h8,11,15,17H,4-7,9-10,12-14H2,1-3H3,(H2,20,21,22);1H. The van der Waals surface area contributed by atoms with Gasteiger partial charge in [0.25, 0.3) is 0 Å². The maximum Gasteiger partial charge on any atom is 0.191 e. The lowest BCUT2D eigenvalue weighted by Crippen LogP contribution is -2.49. The molecule has 0 amide bonds. The van der Waals surface area contributed by atoms with Gasteiger partial charge in [0.2, 0.25) is 0 Å². The van der Waals surface area contributed by atoms with Crippen LogP contribution in [0.25, 0.3) is 0 Å². The van der Waals surface area contributed by atoms with Gasteiger partial charge in [-0.05, 0) is 56.3 Å². The van der Waals surface area contributed by atoms with Crippen LogP contribution >= 0.6 is 35.3 Å². The lowest BCUT2D eigenvalue weighted by atomic mass is 10.1. The highest BCUT2D eigenvalue weighted by Gasteiger charge is 2.24. The van der Waals surface area contributed by atoms with Gasteiger partial charge in [0.15, 0.2) is 5.96 Å². The molecule has 0 bridgehead atoms. The second kappa shape index (κ2) is 10.8. The minimum atomic E-state index is 0. The molecule has 148 valence electrons. The smallest absolute Gasteiger partial charge is 0.191 e. The van der Waals surface area contributed by atoms with Crippen LogP contribution in [-0.4, -0.2) is 67.6 Å². The monoisotopic (exact) mass is 491 g/mol. The minimum absolute atomic E-state index is 0. The summed E-state index contributed by atoms with van der Waals surface area (Å²) in [4.78, 5) is 11.1. The van der Waals surface area contributed by atoms with Gasteiger partial charge in [-0.3, -0.25) is 14.8 Å². The molecule has 0 radical (unpaired) electrons. The van der Waals surface area contributed by atoms with Gasteiger partial charge in [0.05, 0.1) is 0 Å². The molecule has 2 unspecified atom stereocenters. The predicted molar refractivity (Wildman–Crippen MR) is 123 cm³/mol. The molecule has 0 spiro atoms. The Morgan fingerprint density at radius 1 is 1.38 bits per heavy atom. The van der Waals surface area contributed by atoms with Crippen LogP contribution in [0.3, 0.4) is 0 Å². The summed E-state index contributed by atoms with van der Waals surface area (Å²) >= 11 is 1.91. The third-order valence-corrected chi connectivity index (χ3v) is 6.68. The highest BCUT2D eigenvalue weighted by atomic mass is 127. The van der Waals surface area contributed by atoms with Gasteiger partial charge < -0.3 is 10.6 Å². The van der Waals surface area contributed by atoms with Crippen molar-refractivity contribution in [1.82, 2.24) is 20.4 Å². The number of thiophene rings is 1. The number of rotatable bonds is 6. The third-order valence-electron chi connectivity index (χ3n) is 5.66. The Hall–Kier alpha value is -0.380. The molecular weight excluding hydrogens is 457 g/mol. The molecule has 0 saturated carbocycles. The summed E-state index contributed by atoms with van der Waals surface area (Å²) in [5.74, 6) is 0.933. The van der Waals surface area contributed by atoms with E-state index in [4.69, 9.17) is 0 Å². The van der Waals surface area contributed by atoms with Crippen molar-refractivity contribution in [2.75, 3.05) is 39.8 Å². The highest BCUT2D eigenvalue weighted by molar-refractivity contribution is 14.0. The number of nitrogens with zero attached hydrogens (tertiary/aromatic N) is 3. The number of halogens is 1. The van der Waals surface area contributed by atoms with E-state index in [2.05, 4.69) is 50.7 Å². The molecule has 5 nitrogen and oxygen atoms in total. The summed E-state index contributed by atoms with van der Waals surface area (Å²) in [7, 11) is 1.87. The van der Waals surface area contributed by atoms with E-state index >= 15 is 0 Å². The van der Waals surface area contributed by atoms with Crippen LogP contribution in [0.5, 0.6) is 0 Å². The van der Waals surface area contributed by atoms with Crippen molar-refractivity contribution in [1.29, 1.82) is 0 Å². The van der Waals surface area contributed by atoms with Crippen LogP contribution in [0.4, 0.5) is 0 Å². The van der Waals surface area contributed by atoms with Gasteiger partial charge in [-0.25, -0.2) is 0 Å². The van der Waals surface area contributed by atoms with Crippen molar-refractivity contribution in [3.05, 3.63) is 21.9 Å². The number of likely N-dealkylation sites (N-methyl/N-ethyl adjacent to an activating group) is 1. The van der Waals surface area contributed by atoms with Crippen molar-refractivity contribution < 1.29 is 0 Å². The van der Waals surface area contributed by atoms with Crippen LogP contribution in [-0.2, 0) is 13.0 Å². The fraction of sp³-hybridized carbons (Fsp3) is 0.737. The van der Waals surface area contributed by atoms with E-state index in [-0.39, 0.29) is 24.0 Å². The molecule has 3 heterocycles. The first-order valence-corrected chi connectivity index (χ1v) is 10.6. The second-order valence-corrected chi connectivity index (χ2v) is 8.20. The topological polar surface area (TPSA) is 42.9 Å². The Morgan fingerprint density at radius 2 is 2.23 bits per heavy atom. The maximum absolute atomic E-state index is 4.40. The third kappa shape index (κ3) is 5.56. The number of hydrogen-bond donors (Lipinski definition) is 2. The summed E-state index contributed by atoms with van der Waals surface area (Å²) < 4.78 is 0. The first-order valence-electron chi connectivity index (χ1n) is 9.69. The van der Waals surface area contributed by atoms with Gasteiger partial charge in [0.1, 0.15) is 0 Å². The van der Waals surface area contributed by atoms with Gasteiger partial charge in [-0.1, -0.05) is 6.92 Å². The first-order chi connectivity index (χ1) is 12.2. The van der Waals surface area contributed by atoms with Crippen molar-refractivity contribution in [3.63, 3.8) is 0 Å². The van der Waals surface area contributed by atoms with E-state index in [0.717, 1.165) is 38.7 Å². The van der Waals surface area contributed by atoms with Crippen molar-refractivity contribution >= 4 is 41.3 Å². The van der Waals surface area contributed by atoms with Crippen molar-refractivity contribution in [2.45, 2.75) is 51.7 Å². The molecule has 1 aromatic heterocycles. The number of aliphatic imine (C=N–C) groups is 1. The van der Waals surface area contributed by atoms with E-state index in [1.165, 1.54) is 31.4 Å². The molecule has 2 aliphatic heterocycles. The number of hydrogen-bond acceptors (Lipinski definition) is 4. The van der Waals surface area contributed by atoms with Gasteiger partial charge in [-0.15, -0.1) is 35.3 Å². The number of guanidine groups is 1. The zero-order valence-electron chi connectivity index (χ0n) is 16.3. The number of nitrogens with one attached hydrogen (secondary N) is 2. The Bertz CT molecular complexity index is 576. The highest BCUT2D eigenvalue weighted by Crippen LogP contribution is 2.24. The summed E-state index contributed by atoms with van der Waals surface area (Å²) in [6.45, 7) is 11.1. The lowest BCUT2D eigenvalue weighted by Gasteiger charge is -2.33. The summed E-state index contributed by atoms with van der Waals surface area (Å²) in [6.07, 6.45) is 3.81. The Morgan fingerprint density at radius 3 is 3.00 bits per heavy atom. The summed E-state index contributed by atoms with van der Waals surface area (Å²) in [6, 6.07) is 3.44. The maximum atomic E-state index is 4.40. The lowest BCUT2D eigenvalue weighted by molar-refractivity contribution is 0.192. The van der Waals surface area contributed by atoms with Gasteiger partial charge in [0, 0.05) is 50.2 Å². The fourth-order valence-corrected chi connectivity index (χ4v) is 4.89. The van der Waals surface area contributed by atoms with E-state index in [1.807, 2.05) is 18.4 Å². The molecular formula is C19H34IN5S. The second-order valence-electron chi connectivity index (χ2n) is 7.20. The Labute approximate surface area is 179 Å². The van der Waals surface area contributed by atoms with Crippen molar-refractivity contribution in [3.8, 4) is 0 Å². The van der Waals surface area contributed by atoms with Crippen LogP contribution in [0.15, 0.2) is 16.4 Å². The molecule has 2 N–H and O–H groups in total. The van der Waals surface area contributed by atoms with Gasteiger partial charge >= 0.3 is 0 Å². The minimum Gasteiger partial charge on any atom is -0.355 e. The number of fused-ring (bicyclic) bond motifs is 1. The average molecular weight is 491 g/mol. The van der Waals surface area contributed by atoms with Crippen molar-refractivity contribution in [2.24, 2.45) is 4.99 Å². The molecule has 7 heteroatoms. The molecule has 1 fully saturated rings. The van der Waals surface area contributed by atoms with E-state index in [0.29, 0.717) is 12.1 Å². The molecule has 1 aromatic rings. The van der Waals surface area contributed by atoms with Crippen LogP contribution in [0.1, 0.15) is 37.1 Å². The zero-order valence-corrected chi connectivity index (χ0v) is 19.5. The average Bonchev–Trinajstić information content (AvgIpc) is 3.29. The summed E-state index contributed by atoms with van der Waals surface area (Å²) in [5.41, 5.74) is 1.52. The van der Waals surface area contributed by atoms with Crippen LogP contribution in [0.2, 0.25) is 0 Å². The molecule has 2 aliphatic rings. The zero-order chi connectivity index (χ0) is 17.6. The summed E-state index contributed by atoms with van der Waals surface area (Å²) in [5, 5.41) is 9.28. The number of likely N-dealkylation sites (tertiary alicyclic amines) is 1.